The van der Waals surface area contributed by atoms with Gasteiger partial charge in [-0.05, 0) is 53.4 Å². The summed E-state index contributed by atoms with van der Waals surface area (Å²) in [6, 6.07) is 0. The molecule has 83 valence electrons. The van der Waals surface area contributed by atoms with Gasteiger partial charge in [0.2, 0.25) is 0 Å². The molecule has 3 heteroatoms. The highest BCUT2D eigenvalue weighted by molar-refractivity contribution is 4.90. The summed E-state index contributed by atoms with van der Waals surface area (Å²) in [7, 11) is 0. The number of nitrogens with zero attached hydrogens (tertiary/aromatic N) is 1. The van der Waals surface area contributed by atoms with Crippen LogP contribution in [0.25, 0.3) is 0 Å². The second-order valence-corrected chi connectivity index (χ2v) is 5.65. The van der Waals surface area contributed by atoms with Crippen molar-refractivity contribution in [2.45, 2.75) is 70.6 Å². The van der Waals surface area contributed by atoms with Gasteiger partial charge < -0.3 is 5.11 Å². The molecule has 1 N–H and O–H groups in total. The second kappa shape index (κ2) is 3.80. The minimum Gasteiger partial charge on any atom is -0.393 e. The molecule has 3 nitrogen and oxygen atoms in total. The topological polar surface area (TPSA) is 43.4 Å². The van der Waals surface area contributed by atoms with Crippen molar-refractivity contribution < 1.29 is 10.3 Å². The highest BCUT2D eigenvalue weighted by Crippen LogP contribution is 2.34. The number of aliphatic hydroxyl groups excluding tert-OH is 1. The number of hydrogen-bond donors (Lipinski definition) is 1. The van der Waals surface area contributed by atoms with E-state index in [-0.39, 0.29) is 17.2 Å². The lowest BCUT2D eigenvalue weighted by molar-refractivity contribution is -0.279. The minimum absolute atomic E-state index is 0.234. The van der Waals surface area contributed by atoms with Crippen LogP contribution in [-0.2, 0) is 5.21 Å². The Labute approximate surface area is 86.7 Å². The van der Waals surface area contributed by atoms with Crippen LogP contribution in [-0.4, -0.2) is 27.4 Å². The molecule has 0 aromatic rings. The molecular weight excluding hydrogens is 178 g/mol. The van der Waals surface area contributed by atoms with Gasteiger partial charge in [0.1, 0.15) is 0 Å². The Balaban J connectivity index is 2.81. The number of hydrogen-bond acceptors (Lipinski definition) is 2. The quantitative estimate of drug-likeness (QED) is 0.651. The van der Waals surface area contributed by atoms with Crippen molar-refractivity contribution in [3.05, 3.63) is 0 Å². The van der Waals surface area contributed by atoms with E-state index in [1.165, 1.54) is 5.06 Å². The largest absolute Gasteiger partial charge is 0.393 e. The molecule has 0 aromatic heterocycles. The molecule has 1 aliphatic rings. The van der Waals surface area contributed by atoms with Gasteiger partial charge in [0.15, 0.2) is 0 Å². The van der Waals surface area contributed by atoms with Crippen molar-refractivity contribution in [2.24, 2.45) is 0 Å². The van der Waals surface area contributed by atoms with Gasteiger partial charge in [0.05, 0.1) is 6.10 Å². The van der Waals surface area contributed by atoms with Crippen molar-refractivity contribution in [1.82, 2.24) is 5.06 Å². The molecule has 1 fully saturated rings. The Hall–Kier alpha value is -0.120. The van der Waals surface area contributed by atoms with Gasteiger partial charge in [-0.15, -0.1) is 10.3 Å². The van der Waals surface area contributed by atoms with Crippen LogP contribution in [0.15, 0.2) is 0 Å². The molecule has 0 saturated carbocycles. The Kier molecular flexibility index (Phi) is 3.24. The smallest absolute Gasteiger partial charge is 0.0541 e. The summed E-state index contributed by atoms with van der Waals surface area (Å²) in [6.07, 6.45) is 2.77. The molecule has 0 atom stereocenters. The van der Waals surface area contributed by atoms with Crippen molar-refractivity contribution in [3.8, 4) is 0 Å². The Morgan fingerprint density at radius 3 is 1.79 bits per heavy atom. The molecule has 0 amide bonds. The van der Waals surface area contributed by atoms with E-state index < -0.39 is 0 Å². The van der Waals surface area contributed by atoms with E-state index in [1.807, 2.05) is 27.7 Å². The fourth-order valence-electron chi connectivity index (χ4n) is 2.21. The first-order valence-corrected chi connectivity index (χ1v) is 5.41. The molecular formula is C11H22NO2. The van der Waals surface area contributed by atoms with Crippen LogP contribution in [0, 0.1) is 0 Å². The molecule has 1 rings (SSSR count). The first-order valence-electron chi connectivity index (χ1n) is 5.41. The summed E-state index contributed by atoms with van der Waals surface area (Å²) in [5.41, 5.74) is -0.712. The maximum atomic E-state index is 12.1. The van der Waals surface area contributed by atoms with Crippen molar-refractivity contribution in [2.75, 3.05) is 0 Å². The average molecular weight is 200 g/mol. The number of rotatable bonds is 0. The van der Waals surface area contributed by atoms with Gasteiger partial charge in [0.25, 0.3) is 0 Å². The predicted molar refractivity (Wildman–Crippen MR) is 55.2 cm³/mol. The van der Waals surface area contributed by atoms with Gasteiger partial charge in [-0.2, -0.15) is 0 Å². The summed E-state index contributed by atoms with van der Waals surface area (Å²) in [6.45, 7) is 7.83. The summed E-state index contributed by atoms with van der Waals surface area (Å²) in [4.78, 5) is 0. The number of aliphatic hydroxyl groups is 1. The van der Waals surface area contributed by atoms with Crippen LogP contribution < -0.4 is 0 Å². The third-order valence-electron chi connectivity index (χ3n) is 3.28. The van der Waals surface area contributed by atoms with Crippen LogP contribution >= 0.6 is 0 Å². The van der Waals surface area contributed by atoms with E-state index in [2.05, 4.69) is 0 Å². The van der Waals surface area contributed by atoms with E-state index in [9.17, 15) is 10.3 Å². The van der Waals surface area contributed by atoms with Crippen LogP contribution in [0.3, 0.4) is 0 Å². The zero-order chi connectivity index (χ0) is 11.0. The average Bonchev–Trinajstić information content (AvgIpc) is 2.09. The Morgan fingerprint density at radius 1 is 1.07 bits per heavy atom. The van der Waals surface area contributed by atoms with E-state index >= 15 is 0 Å². The SMILES string of the molecule is CC1(C)CCC(O)CCC(C)(C)N1[O]. The molecule has 1 radical (unpaired) electrons. The molecule has 1 heterocycles. The summed E-state index contributed by atoms with van der Waals surface area (Å²) >= 11 is 0. The van der Waals surface area contributed by atoms with Gasteiger partial charge >= 0.3 is 0 Å². The normalized spacial score (nSPS) is 29.6. The molecule has 0 unspecified atom stereocenters. The summed E-state index contributed by atoms with van der Waals surface area (Å²) in [5, 5.41) is 22.9. The van der Waals surface area contributed by atoms with Gasteiger partial charge in [-0.25, -0.2) is 0 Å². The monoisotopic (exact) mass is 200 g/mol. The van der Waals surface area contributed by atoms with Crippen LogP contribution in [0.1, 0.15) is 53.4 Å². The zero-order valence-corrected chi connectivity index (χ0v) is 9.71. The van der Waals surface area contributed by atoms with Gasteiger partial charge in [0, 0.05) is 11.1 Å². The van der Waals surface area contributed by atoms with Crippen LogP contribution in [0.4, 0.5) is 0 Å². The van der Waals surface area contributed by atoms with E-state index in [0.29, 0.717) is 0 Å². The second-order valence-electron chi connectivity index (χ2n) is 5.65. The molecule has 1 aliphatic heterocycles. The van der Waals surface area contributed by atoms with Crippen LogP contribution in [0.2, 0.25) is 0 Å². The zero-order valence-electron chi connectivity index (χ0n) is 9.71. The maximum Gasteiger partial charge on any atom is 0.0541 e. The Morgan fingerprint density at radius 2 is 1.43 bits per heavy atom. The summed E-state index contributed by atoms with van der Waals surface area (Å²) < 4.78 is 0. The first-order chi connectivity index (χ1) is 6.26. The lowest BCUT2D eigenvalue weighted by atomic mass is 9.84. The highest BCUT2D eigenvalue weighted by Gasteiger charge is 2.40. The van der Waals surface area contributed by atoms with Crippen molar-refractivity contribution in [3.63, 3.8) is 0 Å². The van der Waals surface area contributed by atoms with Gasteiger partial charge in [-0.1, -0.05) is 0 Å². The molecule has 1 saturated heterocycles. The van der Waals surface area contributed by atoms with Crippen LogP contribution in [0.5, 0.6) is 0 Å². The molecule has 0 bridgehead atoms. The van der Waals surface area contributed by atoms with Crippen molar-refractivity contribution in [1.29, 1.82) is 0 Å². The van der Waals surface area contributed by atoms with E-state index in [1.54, 1.807) is 0 Å². The Bertz CT molecular complexity index is 181. The molecule has 0 aliphatic carbocycles. The predicted octanol–water partition coefficient (Wildman–Crippen LogP) is 2.13. The molecule has 0 spiro atoms. The standard InChI is InChI=1S/C11H22NO2/c1-10(2)7-5-9(13)6-8-11(3,4)12(10)14/h9,13H,5-8H2,1-4H3. The van der Waals surface area contributed by atoms with Crippen molar-refractivity contribution >= 4 is 0 Å². The lowest BCUT2D eigenvalue weighted by Gasteiger charge is -2.44. The van der Waals surface area contributed by atoms with Gasteiger partial charge in [-0.3, -0.25) is 0 Å². The fraction of sp³-hybridized carbons (Fsp3) is 1.00. The minimum atomic E-state index is -0.356. The van der Waals surface area contributed by atoms with E-state index in [4.69, 9.17) is 0 Å². The third kappa shape index (κ3) is 2.47. The number of hydroxylamine groups is 2. The molecule has 0 aromatic carbocycles. The highest BCUT2D eigenvalue weighted by atomic mass is 16.5. The maximum absolute atomic E-state index is 12.1. The van der Waals surface area contributed by atoms with E-state index in [0.717, 1.165) is 25.7 Å². The fourth-order valence-corrected chi connectivity index (χ4v) is 2.21. The lowest BCUT2D eigenvalue weighted by Crippen LogP contribution is -2.54. The first kappa shape index (κ1) is 12.0. The third-order valence-corrected chi connectivity index (χ3v) is 3.28. The molecule has 14 heavy (non-hydrogen) atoms. The summed E-state index contributed by atoms with van der Waals surface area (Å²) in [5.74, 6) is 0.